The average molecular weight is 306 g/mol. The predicted molar refractivity (Wildman–Crippen MR) is 84.2 cm³/mol. The summed E-state index contributed by atoms with van der Waals surface area (Å²) in [5.74, 6) is 0.284. The first kappa shape index (κ1) is 15.7. The molecule has 2 aromatic heterocycles. The minimum Gasteiger partial charge on any atom is -0.347 e. The van der Waals surface area contributed by atoms with Crippen molar-refractivity contribution in [3.63, 3.8) is 0 Å². The van der Waals surface area contributed by atoms with Crippen LogP contribution >= 0.6 is 11.3 Å². The number of nitrogens with one attached hydrogen (secondary N) is 1. The van der Waals surface area contributed by atoms with Crippen LogP contribution in [0.3, 0.4) is 0 Å². The molecule has 0 saturated heterocycles. The van der Waals surface area contributed by atoms with Crippen molar-refractivity contribution in [1.29, 1.82) is 0 Å². The summed E-state index contributed by atoms with van der Waals surface area (Å²) in [6, 6.07) is 1.83. The monoisotopic (exact) mass is 306 g/mol. The molecule has 1 amide bonds. The van der Waals surface area contributed by atoms with E-state index in [0.29, 0.717) is 5.92 Å². The maximum atomic E-state index is 12.5. The summed E-state index contributed by atoms with van der Waals surface area (Å²) in [5, 5.41) is 7.18. The van der Waals surface area contributed by atoms with Gasteiger partial charge in [0, 0.05) is 9.75 Å². The molecule has 1 N–H and O–H groups in total. The third kappa shape index (κ3) is 3.50. The van der Waals surface area contributed by atoms with Crippen LogP contribution in [0.2, 0.25) is 0 Å². The molecule has 2 aromatic rings. The van der Waals surface area contributed by atoms with Crippen LogP contribution in [0.25, 0.3) is 0 Å². The minimum absolute atomic E-state index is 0.0217. The fourth-order valence-electron chi connectivity index (χ4n) is 2.37. The second kappa shape index (κ2) is 6.39. The molecule has 0 saturated carbocycles. The largest absolute Gasteiger partial charge is 0.347 e. The van der Waals surface area contributed by atoms with Crippen molar-refractivity contribution in [2.75, 3.05) is 0 Å². The molecule has 0 radical (unpaired) electrons. The van der Waals surface area contributed by atoms with Crippen LogP contribution in [0.4, 0.5) is 0 Å². The first-order chi connectivity index (χ1) is 9.90. The molecule has 0 aromatic carbocycles. The number of carbonyl (C=O) groups is 1. The zero-order chi connectivity index (χ0) is 15.6. The van der Waals surface area contributed by atoms with Crippen LogP contribution in [-0.4, -0.2) is 20.7 Å². The van der Waals surface area contributed by atoms with Gasteiger partial charge in [0.1, 0.15) is 18.7 Å². The second-order valence-corrected chi connectivity index (χ2v) is 7.11. The molecule has 2 rings (SSSR count). The Morgan fingerprint density at radius 3 is 2.52 bits per heavy atom. The smallest absolute Gasteiger partial charge is 0.245 e. The summed E-state index contributed by atoms with van der Waals surface area (Å²) in [6.45, 7) is 10.3. The van der Waals surface area contributed by atoms with Crippen molar-refractivity contribution in [2.45, 2.75) is 46.7 Å². The Kier molecular flexibility index (Phi) is 4.77. The van der Waals surface area contributed by atoms with E-state index in [2.05, 4.69) is 49.2 Å². The van der Waals surface area contributed by atoms with E-state index in [-0.39, 0.29) is 18.0 Å². The third-order valence-corrected chi connectivity index (χ3v) is 4.57. The molecule has 6 heteroatoms. The van der Waals surface area contributed by atoms with Gasteiger partial charge >= 0.3 is 0 Å². The Morgan fingerprint density at radius 2 is 2.05 bits per heavy atom. The molecular weight excluding hydrogens is 284 g/mol. The van der Waals surface area contributed by atoms with Gasteiger partial charge in [-0.2, -0.15) is 5.10 Å². The maximum Gasteiger partial charge on any atom is 0.245 e. The topological polar surface area (TPSA) is 59.8 Å². The fraction of sp³-hybridized carbons (Fsp3) is 0.533. The highest BCUT2D eigenvalue weighted by Gasteiger charge is 2.24. The Balaban J connectivity index is 2.17. The summed E-state index contributed by atoms with van der Waals surface area (Å²) >= 11 is 1.77. The number of nitrogens with zero attached hydrogens (tertiary/aromatic N) is 3. The van der Waals surface area contributed by atoms with Crippen molar-refractivity contribution in [1.82, 2.24) is 20.1 Å². The van der Waals surface area contributed by atoms with Crippen molar-refractivity contribution >= 4 is 17.2 Å². The third-order valence-electron chi connectivity index (χ3n) is 3.59. The van der Waals surface area contributed by atoms with E-state index in [1.165, 1.54) is 21.6 Å². The molecule has 114 valence electrons. The van der Waals surface area contributed by atoms with Crippen LogP contribution < -0.4 is 5.32 Å². The van der Waals surface area contributed by atoms with Gasteiger partial charge in [0.15, 0.2) is 0 Å². The molecule has 0 spiro atoms. The van der Waals surface area contributed by atoms with Gasteiger partial charge in [0.05, 0.1) is 6.04 Å². The molecular formula is C15H22N4OS. The van der Waals surface area contributed by atoms with Gasteiger partial charge in [-0.15, -0.1) is 11.3 Å². The molecule has 0 aliphatic rings. The number of carbonyl (C=O) groups excluding carboxylic acids is 1. The molecule has 2 atom stereocenters. The number of hydrogen-bond acceptors (Lipinski definition) is 4. The summed E-state index contributed by atoms with van der Waals surface area (Å²) in [7, 11) is 0. The van der Waals surface area contributed by atoms with Crippen LogP contribution in [-0.2, 0) is 4.79 Å². The standard InChI is InChI=1S/C15H22N4OS/c1-9(2)14(13-6-10(3)21-12(13)5)18-15(20)11(4)19-8-16-7-17-19/h6-9,11,14H,1-5H3,(H,18,20)/t11-,14+/m0/s1. The van der Waals surface area contributed by atoms with Gasteiger partial charge < -0.3 is 5.32 Å². The first-order valence-electron chi connectivity index (χ1n) is 7.11. The van der Waals surface area contributed by atoms with E-state index in [1.807, 2.05) is 6.92 Å². The van der Waals surface area contributed by atoms with E-state index < -0.39 is 0 Å². The SMILES string of the molecule is Cc1cc([C@H](NC(=O)[C@H](C)n2cncn2)C(C)C)c(C)s1. The lowest BCUT2D eigenvalue weighted by molar-refractivity contribution is -0.125. The number of amides is 1. The minimum atomic E-state index is -0.367. The summed E-state index contributed by atoms with van der Waals surface area (Å²) in [4.78, 5) is 18.9. The van der Waals surface area contributed by atoms with Crippen LogP contribution in [0.1, 0.15) is 48.2 Å². The summed E-state index contributed by atoms with van der Waals surface area (Å²) in [5.41, 5.74) is 1.21. The Morgan fingerprint density at radius 1 is 1.33 bits per heavy atom. The highest BCUT2D eigenvalue weighted by atomic mass is 32.1. The van der Waals surface area contributed by atoms with E-state index in [1.54, 1.807) is 22.3 Å². The van der Waals surface area contributed by atoms with Crippen LogP contribution in [0.15, 0.2) is 18.7 Å². The van der Waals surface area contributed by atoms with Crippen molar-refractivity contribution in [3.8, 4) is 0 Å². The Hall–Kier alpha value is -1.69. The molecule has 5 nitrogen and oxygen atoms in total. The van der Waals surface area contributed by atoms with Gasteiger partial charge in [0.25, 0.3) is 0 Å². The molecule has 0 fully saturated rings. The van der Waals surface area contributed by atoms with Gasteiger partial charge in [-0.05, 0) is 38.3 Å². The highest BCUT2D eigenvalue weighted by molar-refractivity contribution is 7.12. The van der Waals surface area contributed by atoms with E-state index in [4.69, 9.17) is 0 Å². The van der Waals surface area contributed by atoms with Gasteiger partial charge in [-0.25, -0.2) is 9.67 Å². The van der Waals surface area contributed by atoms with Crippen LogP contribution in [0, 0.1) is 19.8 Å². The molecule has 2 heterocycles. The Labute approximate surface area is 129 Å². The predicted octanol–water partition coefficient (Wildman–Crippen LogP) is 3.03. The van der Waals surface area contributed by atoms with E-state index in [0.717, 1.165) is 0 Å². The number of aromatic nitrogens is 3. The number of rotatable bonds is 5. The van der Waals surface area contributed by atoms with E-state index >= 15 is 0 Å². The summed E-state index contributed by atoms with van der Waals surface area (Å²) < 4.78 is 1.57. The van der Waals surface area contributed by atoms with Crippen molar-refractivity contribution in [2.24, 2.45) is 5.92 Å². The van der Waals surface area contributed by atoms with Crippen LogP contribution in [0.5, 0.6) is 0 Å². The van der Waals surface area contributed by atoms with Gasteiger partial charge in [0.2, 0.25) is 5.91 Å². The number of hydrogen-bond donors (Lipinski definition) is 1. The Bertz CT molecular complexity index is 603. The molecule has 21 heavy (non-hydrogen) atoms. The maximum absolute atomic E-state index is 12.5. The zero-order valence-electron chi connectivity index (χ0n) is 13.1. The lowest BCUT2D eigenvalue weighted by atomic mass is 9.96. The lowest BCUT2D eigenvalue weighted by Gasteiger charge is -2.24. The van der Waals surface area contributed by atoms with Gasteiger partial charge in [-0.1, -0.05) is 13.8 Å². The molecule has 0 unspecified atom stereocenters. The van der Waals surface area contributed by atoms with Gasteiger partial charge in [-0.3, -0.25) is 4.79 Å². The number of aryl methyl sites for hydroxylation is 2. The van der Waals surface area contributed by atoms with Crippen molar-refractivity contribution < 1.29 is 4.79 Å². The molecule has 0 bridgehead atoms. The second-order valence-electron chi connectivity index (χ2n) is 5.65. The quantitative estimate of drug-likeness (QED) is 0.923. The average Bonchev–Trinajstić information content (AvgIpc) is 3.04. The van der Waals surface area contributed by atoms with E-state index in [9.17, 15) is 4.79 Å². The zero-order valence-corrected chi connectivity index (χ0v) is 13.9. The van der Waals surface area contributed by atoms with Crippen molar-refractivity contribution in [3.05, 3.63) is 34.0 Å². The molecule has 0 aliphatic heterocycles. The molecule has 0 aliphatic carbocycles. The summed E-state index contributed by atoms with van der Waals surface area (Å²) in [6.07, 6.45) is 3.00. The first-order valence-corrected chi connectivity index (χ1v) is 7.93. The lowest BCUT2D eigenvalue weighted by Crippen LogP contribution is -2.36. The normalized spacial score (nSPS) is 14.2. The number of thiophene rings is 1. The highest BCUT2D eigenvalue weighted by Crippen LogP contribution is 2.31. The fourth-order valence-corrected chi connectivity index (χ4v) is 3.35.